The fourth-order valence-corrected chi connectivity index (χ4v) is 15.6. The monoisotopic (exact) mass is 366 g/mol. The summed E-state index contributed by atoms with van der Waals surface area (Å²) < 4.78 is 0. The second-order valence-corrected chi connectivity index (χ2v) is 17.9. The van der Waals surface area contributed by atoms with Crippen LogP contribution in [0.3, 0.4) is 0 Å². The Morgan fingerprint density at radius 3 is 0.950 bits per heavy atom. The Morgan fingerprint density at radius 1 is 0.500 bits per heavy atom. The lowest BCUT2D eigenvalue weighted by atomic mass is 10.4. The van der Waals surface area contributed by atoms with Gasteiger partial charge in [0.05, 0.1) is 0 Å². The van der Waals surface area contributed by atoms with Crippen molar-refractivity contribution < 1.29 is 0 Å². The Morgan fingerprint density at radius 2 is 0.800 bits per heavy atom. The van der Waals surface area contributed by atoms with Gasteiger partial charge in [-0.25, -0.2) is 0 Å². The molecule has 0 amide bonds. The summed E-state index contributed by atoms with van der Waals surface area (Å²) in [6.45, 7) is 24.8. The van der Waals surface area contributed by atoms with Gasteiger partial charge in [0.2, 0.25) is 0 Å². The summed E-state index contributed by atoms with van der Waals surface area (Å²) in [6.07, 6.45) is 0. The third kappa shape index (κ3) is 3.93. The summed E-state index contributed by atoms with van der Waals surface area (Å²) in [7, 11) is 0.230. The highest BCUT2D eigenvalue weighted by molar-refractivity contribution is 7.72. The SMILES string of the molecule is CP(C)C1=C(P(C)C)C(P(C)C)C(P(C)C)=C1P(C)C. The number of allylic oxidation sites excluding steroid dienone is 4. The zero-order chi connectivity index (χ0) is 15.8. The molecule has 5 heteroatoms. The fraction of sp³-hybridized carbons (Fsp3) is 0.733. The maximum atomic E-state index is 2.50. The van der Waals surface area contributed by atoms with E-state index >= 15 is 0 Å². The maximum Gasteiger partial charge on any atom is 0.0307 e. The zero-order valence-electron chi connectivity index (χ0n) is 14.8. The lowest BCUT2D eigenvalue weighted by molar-refractivity contribution is 1.35. The van der Waals surface area contributed by atoms with E-state index < -0.39 is 0 Å². The lowest BCUT2D eigenvalue weighted by Gasteiger charge is -2.28. The first kappa shape index (κ1) is 19.7. The molecule has 0 saturated carbocycles. The maximum absolute atomic E-state index is 2.50. The number of hydrogen-bond donors (Lipinski definition) is 0. The van der Waals surface area contributed by atoms with Gasteiger partial charge in [-0.05, 0) is 87.9 Å². The third-order valence-corrected chi connectivity index (χ3v) is 11.7. The van der Waals surface area contributed by atoms with Crippen LogP contribution in [-0.2, 0) is 0 Å². The van der Waals surface area contributed by atoms with Gasteiger partial charge in [-0.2, -0.15) is 0 Å². The van der Waals surface area contributed by atoms with E-state index in [1.165, 1.54) is 0 Å². The molecule has 0 unspecified atom stereocenters. The Hall–Kier alpha value is 1.63. The molecule has 0 aromatic carbocycles. The molecular formula is C15H31P5. The minimum absolute atomic E-state index is 0.0270. The van der Waals surface area contributed by atoms with Crippen molar-refractivity contribution in [2.75, 3.05) is 66.6 Å². The summed E-state index contributed by atoms with van der Waals surface area (Å²) in [5.41, 5.74) is 0.826. The second-order valence-electron chi connectivity index (χ2n) is 6.41. The quantitative estimate of drug-likeness (QED) is 0.487. The highest BCUT2D eigenvalue weighted by Gasteiger charge is 2.39. The Bertz CT molecular complexity index is 380. The smallest absolute Gasteiger partial charge is 0.0307 e. The highest BCUT2D eigenvalue weighted by Crippen LogP contribution is 2.72. The average Bonchev–Trinajstić information content (AvgIpc) is 2.64. The second kappa shape index (κ2) is 7.95. The van der Waals surface area contributed by atoms with Crippen molar-refractivity contribution in [2.45, 2.75) is 5.66 Å². The Labute approximate surface area is 133 Å². The molecule has 0 spiro atoms. The van der Waals surface area contributed by atoms with Crippen LogP contribution >= 0.6 is 39.6 Å². The van der Waals surface area contributed by atoms with Crippen LogP contribution in [0.15, 0.2) is 21.3 Å². The van der Waals surface area contributed by atoms with Crippen LogP contribution < -0.4 is 0 Å². The van der Waals surface area contributed by atoms with Crippen LogP contribution in [0.1, 0.15) is 0 Å². The molecule has 20 heavy (non-hydrogen) atoms. The van der Waals surface area contributed by atoms with Gasteiger partial charge in [-0.1, -0.05) is 31.7 Å². The van der Waals surface area contributed by atoms with Gasteiger partial charge in [0, 0.05) is 5.66 Å². The van der Waals surface area contributed by atoms with Gasteiger partial charge >= 0.3 is 0 Å². The fourth-order valence-electron chi connectivity index (χ4n) is 2.91. The predicted molar refractivity (Wildman–Crippen MR) is 112 cm³/mol. The lowest BCUT2D eigenvalue weighted by Crippen LogP contribution is -2.07. The van der Waals surface area contributed by atoms with E-state index in [1.807, 2.05) is 21.3 Å². The molecule has 0 heterocycles. The van der Waals surface area contributed by atoms with Crippen LogP contribution in [0, 0.1) is 0 Å². The van der Waals surface area contributed by atoms with Crippen LogP contribution in [-0.4, -0.2) is 72.3 Å². The molecule has 0 nitrogen and oxygen atoms in total. The van der Waals surface area contributed by atoms with Crippen molar-refractivity contribution in [2.24, 2.45) is 0 Å². The summed E-state index contributed by atoms with van der Waals surface area (Å²) in [6, 6.07) is 0. The van der Waals surface area contributed by atoms with Crippen LogP contribution in [0.4, 0.5) is 0 Å². The van der Waals surface area contributed by atoms with Gasteiger partial charge < -0.3 is 0 Å². The minimum Gasteiger partial charge on any atom is -0.101 e. The van der Waals surface area contributed by atoms with E-state index in [1.54, 1.807) is 0 Å². The van der Waals surface area contributed by atoms with Crippen molar-refractivity contribution in [3.05, 3.63) is 21.3 Å². The molecule has 0 fully saturated rings. The zero-order valence-corrected chi connectivity index (χ0v) is 19.3. The normalized spacial score (nSPS) is 18.1. The molecule has 0 radical (unpaired) electrons. The molecule has 0 aliphatic heterocycles. The van der Waals surface area contributed by atoms with Gasteiger partial charge in [0.25, 0.3) is 0 Å². The molecule has 0 N–H and O–H groups in total. The molecule has 0 bridgehead atoms. The predicted octanol–water partition coefficient (Wildman–Crippen LogP) is 6.50. The van der Waals surface area contributed by atoms with Crippen LogP contribution in [0.25, 0.3) is 0 Å². The molecule has 0 saturated heterocycles. The molecule has 0 aromatic heterocycles. The Kier molecular flexibility index (Phi) is 7.82. The van der Waals surface area contributed by atoms with Gasteiger partial charge in [0.1, 0.15) is 0 Å². The number of hydrogen-bond acceptors (Lipinski definition) is 0. The van der Waals surface area contributed by atoms with E-state index in [0.29, 0.717) is 0 Å². The van der Waals surface area contributed by atoms with E-state index in [0.717, 1.165) is 5.66 Å². The van der Waals surface area contributed by atoms with Crippen LogP contribution in [0.2, 0.25) is 0 Å². The van der Waals surface area contributed by atoms with E-state index in [4.69, 9.17) is 0 Å². The first-order valence-corrected chi connectivity index (χ1v) is 18.2. The first-order chi connectivity index (χ1) is 9.11. The molecule has 1 rings (SSSR count). The van der Waals surface area contributed by atoms with Gasteiger partial charge in [-0.15, -0.1) is 7.92 Å². The highest BCUT2D eigenvalue weighted by atomic mass is 31.1. The average molecular weight is 366 g/mol. The van der Waals surface area contributed by atoms with Crippen molar-refractivity contribution in [3.8, 4) is 0 Å². The van der Waals surface area contributed by atoms with Crippen molar-refractivity contribution in [3.63, 3.8) is 0 Å². The van der Waals surface area contributed by atoms with Crippen molar-refractivity contribution in [1.82, 2.24) is 0 Å². The topological polar surface area (TPSA) is 0 Å². The molecule has 1 aliphatic carbocycles. The standard InChI is InChI=1S/C15H31P5/c1-16(2)11-12(17(3)4)14(19(7)8)15(20(9)10)13(11)18(5)6/h11H,1-10H3. The first-order valence-electron chi connectivity index (χ1n) is 6.95. The van der Waals surface area contributed by atoms with E-state index in [9.17, 15) is 0 Å². The summed E-state index contributed by atoms with van der Waals surface area (Å²) >= 11 is 0. The Balaban J connectivity index is 3.62. The molecular weight excluding hydrogens is 335 g/mol. The van der Waals surface area contributed by atoms with Gasteiger partial charge in [-0.3, -0.25) is 0 Å². The summed E-state index contributed by atoms with van der Waals surface area (Å²) in [5.74, 6) is 0. The summed E-state index contributed by atoms with van der Waals surface area (Å²) in [4.78, 5) is 0. The third-order valence-electron chi connectivity index (χ3n) is 3.60. The minimum atomic E-state index is 0.0270. The van der Waals surface area contributed by atoms with Crippen LogP contribution in [0.5, 0.6) is 0 Å². The van der Waals surface area contributed by atoms with Crippen molar-refractivity contribution in [1.29, 1.82) is 0 Å². The van der Waals surface area contributed by atoms with Gasteiger partial charge in [0.15, 0.2) is 0 Å². The molecule has 1 aliphatic rings. The largest absolute Gasteiger partial charge is 0.101 e. The van der Waals surface area contributed by atoms with E-state index in [2.05, 4.69) is 66.6 Å². The molecule has 116 valence electrons. The molecule has 0 atom stereocenters. The molecule has 0 aromatic rings. The van der Waals surface area contributed by atoms with E-state index in [-0.39, 0.29) is 39.6 Å². The number of rotatable bonds is 5. The summed E-state index contributed by atoms with van der Waals surface area (Å²) in [5, 5.41) is 7.48. The van der Waals surface area contributed by atoms with Crippen molar-refractivity contribution >= 4 is 39.6 Å².